The molecule has 140 valence electrons. The lowest BCUT2D eigenvalue weighted by Gasteiger charge is -2.12. The third-order valence-electron chi connectivity index (χ3n) is 4.07. The third kappa shape index (κ3) is 6.22. The summed E-state index contributed by atoms with van der Waals surface area (Å²) in [6.07, 6.45) is 3.80. The first kappa shape index (κ1) is 20.1. The van der Waals surface area contributed by atoms with Crippen molar-refractivity contribution in [1.82, 2.24) is 0 Å². The summed E-state index contributed by atoms with van der Waals surface area (Å²) in [6.45, 7) is 2.53. The summed E-state index contributed by atoms with van der Waals surface area (Å²) < 4.78 is 5.78. The van der Waals surface area contributed by atoms with Crippen molar-refractivity contribution in [3.05, 3.63) is 71.8 Å². The summed E-state index contributed by atoms with van der Waals surface area (Å²) in [6, 6.07) is 17.2. The lowest BCUT2D eigenvalue weighted by Crippen LogP contribution is -2.21. The quantitative estimate of drug-likeness (QED) is 0.546. The molecule has 0 bridgehead atoms. The highest BCUT2D eigenvalue weighted by molar-refractivity contribution is 6.45. The molecule has 2 aromatic carbocycles. The van der Waals surface area contributed by atoms with E-state index in [4.69, 9.17) is 21.3 Å². The maximum atomic E-state index is 11.2. The number of rotatable bonds is 10. The second-order valence-corrected chi connectivity index (χ2v) is 6.22. The van der Waals surface area contributed by atoms with E-state index in [2.05, 4.69) is 6.92 Å². The Morgan fingerprint density at radius 2 is 1.74 bits per heavy atom. The number of nitrogens with two attached hydrogens (primary N) is 1. The molecular weight excluding hydrogens is 338 g/mol. The molecule has 5 nitrogen and oxygen atoms in total. The average Bonchev–Trinajstić information content (AvgIpc) is 2.69. The Hall–Kier alpha value is -3.21. The molecule has 0 aliphatic heterocycles. The van der Waals surface area contributed by atoms with Crippen molar-refractivity contribution in [3.8, 4) is 5.75 Å². The molecule has 2 aromatic rings. The zero-order valence-corrected chi connectivity index (χ0v) is 15.5. The number of ether oxygens (including phenoxy) is 1. The summed E-state index contributed by atoms with van der Waals surface area (Å²) in [7, 11) is 0. The van der Waals surface area contributed by atoms with Crippen LogP contribution in [0.5, 0.6) is 5.75 Å². The van der Waals surface area contributed by atoms with Crippen molar-refractivity contribution in [1.29, 1.82) is 10.8 Å². The van der Waals surface area contributed by atoms with Crippen molar-refractivity contribution in [3.63, 3.8) is 0 Å². The second-order valence-electron chi connectivity index (χ2n) is 6.22. The van der Waals surface area contributed by atoms with E-state index in [1.807, 2.05) is 54.6 Å². The fourth-order valence-electron chi connectivity index (χ4n) is 2.52. The van der Waals surface area contributed by atoms with Crippen molar-refractivity contribution in [2.24, 2.45) is 5.73 Å². The molecule has 0 aliphatic rings. The van der Waals surface area contributed by atoms with Gasteiger partial charge in [0.15, 0.2) is 0 Å². The monoisotopic (exact) mass is 363 g/mol. The fraction of sp³-hybridized carbons (Fsp3) is 0.227. The van der Waals surface area contributed by atoms with Gasteiger partial charge in [0.1, 0.15) is 18.1 Å². The standard InChI is InChI=1S/C22H25N3O2/c1-2-3-9-20(23)19(14-21(24)22(25)26)17-10-12-18(13-11-17)27-15-16-7-5-4-6-8-16/h4-8,10-14,23-24H,2-3,9,15H2,1H3,(H2,25,26)/b19-14-,23-20?,24-21?. The third-order valence-corrected chi connectivity index (χ3v) is 4.07. The van der Waals surface area contributed by atoms with Gasteiger partial charge in [-0.2, -0.15) is 0 Å². The summed E-state index contributed by atoms with van der Waals surface area (Å²) in [5.41, 5.74) is 7.65. The minimum absolute atomic E-state index is 0.310. The first-order valence-electron chi connectivity index (χ1n) is 8.96. The highest BCUT2D eigenvalue weighted by Gasteiger charge is 2.12. The number of carbonyl (C=O) groups is 1. The van der Waals surface area contributed by atoms with Gasteiger partial charge in [0.25, 0.3) is 5.91 Å². The van der Waals surface area contributed by atoms with Crippen LogP contribution in [0.1, 0.15) is 37.3 Å². The van der Waals surface area contributed by atoms with Crippen molar-refractivity contribution in [2.75, 3.05) is 0 Å². The van der Waals surface area contributed by atoms with Crippen LogP contribution in [0.3, 0.4) is 0 Å². The Morgan fingerprint density at radius 1 is 1.07 bits per heavy atom. The molecule has 0 unspecified atom stereocenters. The summed E-state index contributed by atoms with van der Waals surface area (Å²) in [5, 5.41) is 16.0. The summed E-state index contributed by atoms with van der Waals surface area (Å²) >= 11 is 0. The largest absolute Gasteiger partial charge is 0.489 e. The van der Waals surface area contributed by atoms with Crippen LogP contribution in [0, 0.1) is 10.8 Å². The number of hydrogen-bond donors (Lipinski definition) is 3. The number of unbranched alkanes of at least 4 members (excludes halogenated alkanes) is 1. The number of nitrogens with one attached hydrogen (secondary N) is 2. The predicted molar refractivity (Wildman–Crippen MR) is 109 cm³/mol. The van der Waals surface area contributed by atoms with Crippen LogP contribution in [-0.2, 0) is 11.4 Å². The van der Waals surface area contributed by atoms with E-state index in [1.165, 1.54) is 6.08 Å². The maximum absolute atomic E-state index is 11.2. The lowest BCUT2D eigenvalue weighted by atomic mass is 9.96. The van der Waals surface area contributed by atoms with E-state index < -0.39 is 5.91 Å². The van der Waals surface area contributed by atoms with Crippen molar-refractivity contribution < 1.29 is 9.53 Å². The lowest BCUT2D eigenvalue weighted by molar-refractivity contribution is -0.111. The van der Waals surface area contributed by atoms with Crippen LogP contribution in [0.2, 0.25) is 0 Å². The fourth-order valence-corrected chi connectivity index (χ4v) is 2.52. The Kier molecular flexibility index (Phi) is 7.49. The zero-order valence-electron chi connectivity index (χ0n) is 15.5. The highest BCUT2D eigenvalue weighted by Crippen LogP contribution is 2.22. The van der Waals surface area contributed by atoms with Gasteiger partial charge in [-0.15, -0.1) is 0 Å². The average molecular weight is 363 g/mol. The van der Waals surface area contributed by atoms with E-state index in [0.717, 1.165) is 24.0 Å². The van der Waals surface area contributed by atoms with Gasteiger partial charge < -0.3 is 15.9 Å². The molecule has 0 aromatic heterocycles. The summed E-state index contributed by atoms with van der Waals surface area (Å²) in [5.74, 6) is -0.0920. The topological polar surface area (TPSA) is 100 Å². The molecule has 0 saturated carbocycles. The first-order valence-corrected chi connectivity index (χ1v) is 8.96. The van der Waals surface area contributed by atoms with Crippen LogP contribution >= 0.6 is 0 Å². The van der Waals surface area contributed by atoms with E-state index >= 15 is 0 Å². The Balaban J connectivity index is 2.16. The predicted octanol–water partition coefficient (Wildman–Crippen LogP) is 4.36. The highest BCUT2D eigenvalue weighted by atomic mass is 16.5. The number of amides is 1. The molecule has 5 heteroatoms. The number of hydrogen-bond acceptors (Lipinski definition) is 4. The molecule has 0 atom stereocenters. The van der Waals surface area contributed by atoms with Gasteiger partial charge >= 0.3 is 0 Å². The first-order chi connectivity index (χ1) is 13.0. The molecule has 4 N–H and O–H groups in total. The Bertz CT molecular complexity index is 824. The number of primary amides is 1. The van der Waals surface area contributed by atoms with Gasteiger partial charge in [-0.25, -0.2) is 0 Å². The van der Waals surface area contributed by atoms with Gasteiger partial charge in [0, 0.05) is 11.3 Å². The van der Waals surface area contributed by atoms with E-state index in [1.54, 1.807) is 0 Å². The normalized spacial score (nSPS) is 11.1. The van der Waals surface area contributed by atoms with Gasteiger partial charge in [-0.1, -0.05) is 55.8 Å². The van der Waals surface area contributed by atoms with Crippen molar-refractivity contribution >= 4 is 22.9 Å². The molecule has 0 saturated heterocycles. The van der Waals surface area contributed by atoms with Crippen LogP contribution in [0.25, 0.3) is 5.57 Å². The van der Waals surface area contributed by atoms with Crippen LogP contribution in [0.4, 0.5) is 0 Å². The Labute approximate surface area is 159 Å². The van der Waals surface area contributed by atoms with Gasteiger partial charge in [0.2, 0.25) is 0 Å². The molecule has 1 amide bonds. The van der Waals surface area contributed by atoms with Crippen LogP contribution in [0.15, 0.2) is 60.7 Å². The molecule has 27 heavy (non-hydrogen) atoms. The van der Waals surface area contributed by atoms with Crippen LogP contribution < -0.4 is 10.5 Å². The molecule has 0 radical (unpaired) electrons. The number of allylic oxidation sites excluding steroid dienone is 1. The number of benzene rings is 2. The van der Waals surface area contributed by atoms with Gasteiger partial charge in [-0.05, 0) is 42.2 Å². The van der Waals surface area contributed by atoms with E-state index in [-0.39, 0.29) is 5.71 Å². The molecule has 0 spiro atoms. The zero-order chi connectivity index (χ0) is 19.6. The Morgan fingerprint density at radius 3 is 2.33 bits per heavy atom. The van der Waals surface area contributed by atoms with Gasteiger partial charge in [-0.3, -0.25) is 10.2 Å². The number of carbonyl (C=O) groups excluding carboxylic acids is 1. The van der Waals surface area contributed by atoms with Crippen molar-refractivity contribution in [2.45, 2.75) is 32.8 Å². The minimum Gasteiger partial charge on any atom is -0.489 e. The minimum atomic E-state index is -0.807. The van der Waals surface area contributed by atoms with Gasteiger partial charge in [0.05, 0.1) is 0 Å². The maximum Gasteiger partial charge on any atom is 0.266 e. The molecule has 0 heterocycles. The van der Waals surface area contributed by atoms with E-state index in [9.17, 15) is 4.79 Å². The summed E-state index contributed by atoms with van der Waals surface area (Å²) in [4.78, 5) is 11.2. The molecule has 0 aliphatic carbocycles. The molecule has 0 fully saturated rings. The molecular formula is C22H25N3O2. The molecule has 2 rings (SSSR count). The van der Waals surface area contributed by atoms with Crippen LogP contribution in [-0.4, -0.2) is 17.3 Å². The second kappa shape index (κ2) is 10.1. The SMILES string of the molecule is CCCCC(=N)/C(=C\C(=N)C(N)=O)c1ccc(OCc2ccccc2)cc1. The smallest absolute Gasteiger partial charge is 0.266 e. The van der Waals surface area contributed by atoms with E-state index in [0.29, 0.717) is 30.1 Å².